The number of ether oxygens (including phenoxy) is 2. The van der Waals surface area contributed by atoms with E-state index in [4.69, 9.17) is 9.47 Å². The zero-order chi connectivity index (χ0) is 23.4. The van der Waals surface area contributed by atoms with E-state index >= 15 is 0 Å². The molecular weight excluding hydrogens is 424 g/mol. The average Bonchev–Trinajstić information content (AvgIpc) is 2.62. The van der Waals surface area contributed by atoms with Crippen molar-refractivity contribution in [2.24, 2.45) is 4.99 Å². The number of benzene rings is 2. The van der Waals surface area contributed by atoms with Gasteiger partial charge in [-0.25, -0.2) is 0 Å². The van der Waals surface area contributed by atoms with Crippen molar-refractivity contribution in [3.63, 3.8) is 0 Å². The molecule has 0 heterocycles. The van der Waals surface area contributed by atoms with Crippen LogP contribution in [0.2, 0.25) is 0 Å². The Hall–Kier alpha value is -2.71. The molecule has 0 fully saturated rings. The van der Waals surface area contributed by atoms with E-state index in [2.05, 4.69) is 4.99 Å². The summed E-state index contributed by atoms with van der Waals surface area (Å²) >= 11 is 0. The summed E-state index contributed by atoms with van der Waals surface area (Å²) in [5.41, 5.74) is -2.57. The highest BCUT2D eigenvalue weighted by atomic mass is 19.4. The first kappa shape index (κ1) is 24.6. The van der Waals surface area contributed by atoms with Gasteiger partial charge in [0.05, 0.1) is 17.7 Å². The standard InChI is InChI=1S/C22H23F6NO2/c1-14-5-7-17(12-18(14)21(23,24)25)31-20(2,3)9-10-30-16-8-6-15(13-29-4)19(11-16)22(26,27)28/h5-8,11-13H,9-10H2,1-4H3. The van der Waals surface area contributed by atoms with Gasteiger partial charge in [-0.2, -0.15) is 26.3 Å². The van der Waals surface area contributed by atoms with Crippen LogP contribution in [0.4, 0.5) is 26.3 Å². The van der Waals surface area contributed by atoms with Gasteiger partial charge in [-0.15, -0.1) is 0 Å². The Labute approximate surface area is 176 Å². The minimum Gasteiger partial charge on any atom is -0.493 e. The number of aryl methyl sites for hydroxylation is 1. The van der Waals surface area contributed by atoms with E-state index in [0.29, 0.717) is 0 Å². The monoisotopic (exact) mass is 447 g/mol. The summed E-state index contributed by atoms with van der Waals surface area (Å²) in [6.07, 6.45) is -7.73. The van der Waals surface area contributed by atoms with Crippen molar-refractivity contribution < 1.29 is 35.8 Å². The number of aliphatic imine (C=N–C) groups is 1. The van der Waals surface area contributed by atoms with Crippen molar-refractivity contribution in [3.8, 4) is 11.5 Å². The SMILES string of the molecule is CN=Cc1ccc(OCCC(C)(C)Oc2ccc(C)c(C(F)(F)F)c2)cc1C(F)(F)F. The third-order valence-electron chi connectivity index (χ3n) is 4.48. The molecule has 3 nitrogen and oxygen atoms in total. The zero-order valence-corrected chi connectivity index (χ0v) is 17.5. The number of nitrogens with zero attached hydrogens (tertiary/aromatic N) is 1. The fourth-order valence-corrected chi connectivity index (χ4v) is 2.88. The molecule has 2 aromatic rings. The maximum Gasteiger partial charge on any atom is 0.417 e. The van der Waals surface area contributed by atoms with E-state index in [9.17, 15) is 26.3 Å². The van der Waals surface area contributed by atoms with Gasteiger partial charge in [0, 0.05) is 25.2 Å². The molecule has 0 aliphatic heterocycles. The van der Waals surface area contributed by atoms with Crippen molar-refractivity contribution in [2.45, 2.75) is 45.1 Å². The Kier molecular flexibility index (Phi) is 7.28. The second-order valence-electron chi connectivity index (χ2n) is 7.57. The van der Waals surface area contributed by atoms with Crippen molar-refractivity contribution >= 4 is 6.21 Å². The first-order valence-corrected chi connectivity index (χ1v) is 9.36. The normalized spacial score (nSPS) is 13.0. The second kappa shape index (κ2) is 9.20. The predicted octanol–water partition coefficient (Wildman–Crippen LogP) is 6.71. The summed E-state index contributed by atoms with van der Waals surface area (Å²) in [5.74, 6) is 0.0663. The van der Waals surface area contributed by atoms with Gasteiger partial charge < -0.3 is 9.47 Å². The van der Waals surface area contributed by atoms with Gasteiger partial charge in [-0.1, -0.05) is 6.07 Å². The van der Waals surface area contributed by atoms with Gasteiger partial charge >= 0.3 is 12.4 Å². The summed E-state index contributed by atoms with van der Waals surface area (Å²) in [6.45, 7) is 4.68. The first-order valence-electron chi connectivity index (χ1n) is 9.36. The lowest BCUT2D eigenvalue weighted by molar-refractivity contribution is -0.138. The van der Waals surface area contributed by atoms with Crippen molar-refractivity contribution in [3.05, 3.63) is 58.7 Å². The zero-order valence-electron chi connectivity index (χ0n) is 17.5. The molecular formula is C22H23F6NO2. The molecule has 0 aliphatic rings. The van der Waals surface area contributed by atoms with Crippen molar-refractivity contribution in [2.75, 3.05) is 13.7 Å². The lowest BCUT2D eigenvalue weighted by Crippen LogP contribution is -2.30. The van der Waals surface area contributed by atoms with E-state index in [0.717, 1.165) is 18.3 Å². The van der Waals surface area contributed by atoms with E-state index in [1.807, 2.05) is 0 Å². The summed E-state index contributed by atoms with van der Waals surface area (Å²) < 4.78 is 90.1. The Bertz CT molecular complexity index is 933. The molecule has 0 aromatic heterocycles. The van der Waals surface area contributed by atoms with E-state index in [1.165, 1.54) is 38.2 Å². The van der Waals surface area contributed by atoms with Gasteiger partial charge in [-0.3, -0.25) is 4.99 Å². The highest BCUT2D eigenvalue weighted by Gasteiger charge is 2.34. The van der Waals surface area contributed by atoms with Crippen molar-refractivity contribution in [1.29, 1.82) is 0 Å². The number of halogens is 6. The molecule has 0 spiro atoms. The Morgan fingerprint density at radius 3 is 2.03 bits per heavy atom. The molecule has 0 N–H and O–H groups in total. The van der Waals surface area contributed by atoms with Crippen LogP contribution in [0.5, 0.6) is 11.5 Å². The van der Waals surface area contributed by atoms with Gasteiger partial charge in [0.2, 0.25) is 0 Å². The number of alkyl halides is 6. The quantitative estimate of drug-likeness (QED) is 0.349. The molecule has 2 rings (SSSR count). The lowest BCUT2D eigenvalue weighted by atomic mass is 10.0. The lowest BCUT2D eigenvalue weighted by Gasteiger charge is -2.27. The second-order valence-corrected chi connectivity index (χ2v) is 7.57. The minimum absolute atomic E-state index is 0.00347. The third kappa shape index (κ3) is 6.90. The largest absolute Gasteiger partial charge is 0.493 e. The van der Waals surface area contributed by atoms with Gasteiger partial charge in [-0.05, 0) is 56.7 Å². The van der Waals surface area contributed by atoms with Crippen LogP contribution in [-0.4, -0.2) is 25.5 Å². The van der Waals surface area contributed by atoms with Gasteiger partial charge in [0.15, 0.2) is 0 Å². The summed E-state index contributed by atoms with van der Waals surface area (Å²) in [4.78, 5) is 3.62. The summed E-state index contributed by atoms with van der Waals surface area (Å²) in [6, 6.07) is 7.25. The smallest absolute Gasteiger partial charge is 0.417 e. The fraction of sp³-hybridized carbons (Fsp3) is 0.409. The Balaban J connectivity index is 2.07. The van der Waals surface area contributed by atoms with Crippen LogP contribution >= 0.6 is 0 Å². The van der Waals surface area contributed by atoms with Gasteiger partial charge in [0.25, 0.3) is 0 Å². The number of rotatable bonds is 7. The maximum absolute atomic E-state index is 13.2. The molecule has 170 valence electrons. The fourth-order valence-electron chi connectivity index (χ4n) is 2.88. The van der Waals surface area contributed by atoms with Crippen LogP contribution in [0.1, 0.15) is 42.5 Å². The van der Waals surface area contributed by atoms with Crippen LogP contribution in [0, 0.1) is 6.92 Å². The molecule has 0 aliphatic carbocycles. The molecule has 0 bridgehead atoms. The summed E-state index contributed by atoms with van der Waals surface area (Å²) in [7, 11) is 1.37. The minimum atomic E-state index is -4.57. The molecule has 31 heavy (non-hydrogen) atoms. The maximum atomic E-state index is 13.2. The van der Waals surface area contributed by atoms with Crippen LogP contribution < -0.4 is 9.47 Å². The van der Waals surface area contributed by atoms with Crippen molar-refractivity contribution in [1.82, 2.24) is 0 Å². The summed E-state index contributed by atoms with van der Waals surface area (Å²) in [5, 5.41) is 0. The van der Waals surface area contributed by atoms with Crippen LogP contribution in [-0.2, 0) is 12.4 Å². The highest BCUT2D eigenvalue weighted by Crippen LogP contribution is 2.36. The van der Waals surface area contributed by atoms with Crippen LogP contribution in [0.15, 0.2) is 41.4 Å². The Morgan fingerprint density at radius 1 is 0.871 bits per heavy atom. The topological polar surface area (TPSA) is 30.8 Å². The van der Waals surface area contributed by atoms with Crippen LogP contribution in [0.3, 0.4) is 0 Å². The van der Waals surface area contributed by atoms with Gasteiger partial charge in [0.1, 0.15) is 17.1 Å². The molecule has 0 radical (unpaired) electrons. The predicted molar refractivity (Wildman–Crippen MR) is 106 cm³/mol. The molecule has 0 atom stereocenters. The first-order chi connectivity index (χ1) is 14.2. The van der Waals surface area contributed by atoms with E-state index in [1.54, 1.807) is 13.8 Å². The van der Waals surface area contributed by atoms with Crippen LogP contribution in [0.25, 0.3) is 0 Å². The molecule has 0 saturated heterocycles. The number of hydrogen-bond donors (Lipinski definition) is 0. The molecule has 2 aromatic carbocycles. The van der Waals surface area contributed by atoms with E-state index in [-0.39, 0.29) is 35.7 Å². The van der Waals surface area contributed by atoms with E-state index < -0.39 is 29.1 Å². The molecule has 9 heteroatoms. The third-order valence-corrected chi connectivity index (χ3v) is 4.48. The molecule has 0 unspecified atom stereocenters. The number of hydrogen-bond acceptors (Lipinski definition) is 3. The molecule has 0 amide bonds. The molecule has 0 saturated carbocycles. The average molecular weight is 447 g/mol. The highest BCUT2D eigenvalue weighted by molar-refractivity contribution is 5.82. The Morgan fingerprint density at radius 2 is 1.45 bits per heavy atom.